The fourth-order valence-corrected chi connectivity index (χ4v) is 0.800. The quantitative estimate of drug-likeness (QED) is 0.653. The van der Waals surface area contributed by atoms with Gasteiger partial charge in [0.15, 0.2) is 0 Å². The molecule has 0 aromatic carbocycles. The Hall–Kier alpha value is -0.820. The first-order chi connectivity index (χ1) is 5.85. The van der Waals surface area contributed by atoms with Crippen LogP contribution in [0, 0.1) is 0 Å². The fourth-order valence-electron chi connectivity index (χ4n) is 0.800. The Morgan fingerprint density at radius 3 is 2.23 bits per heavy atom. The van der Waals surface area contributed by atoms with Crippen LogP contribution in [-0.2, 0) is 4.79 Å². The van der Waals surface area contributed by atoms with E-state index in [4.69, 9.17) is 10.2 Å². The number of nitrogens with zero attached hydrogens (tertiary/aromatic N) is 1. The molecule has 0 aliphatic carbocycles. The predicted molar refractivity (Wildman–Crippen MR) is 37.2 cm³/mol. The van der Waals surface area contributed by atoms with Gasteiger partial charge < -0.3 is 10.2 Å². The standard InChI is InChI=1S/C6H10F3NO3/c7-6(8,9)4-10(1-2-11)3-5(12)13/h11H,1-4H2,(H,12,13). The van der Waals surface area contributed by atoms with Gasteiger partial charge in [-0.1, -0.05) is 0 Å². The number of carboxylic acid groups (broad SMARTS) is 1. The second-order valence-corrected chi connectivity index (χ2v) is 2.44. The highest BCUT2D eigenvalue weighted by molar-refractivity contribution is 5.69. The molecular formula is C6H10F3NO3. The highest BCUT2D eigenvalue weighted by atomic mass is 19.4. The van der Waals surface area contributed by atoms with E-state index in [0.29, 0.717) is 4.90 Å². The van der Waals surface area contributed by atoms with Crippen LogP contribution < -0.4 is 0 Å². The Morgan fingerprint density at radius 2 is 1.92 bits per heavy atom. The van der Waals surface area contributed by atoms with Crippen molar-refractivity contribution in [1.82, 2.24) is 4.90 Å². The number of aliphatic carboxylic acids is 1. The molecule has 0 amide bonds. The largest absolute Gasteiger partial charge is 0.480 e. The van der Waals surface area contributed by atoms with Crippen LogP contribution in [0.2, 0.25) is 0 Å². The van der Waals surface area contributed by atoms with Crippen molar-refractivity contribution in [3.63, 3.8) is 0 Å². The number of aliphatic hydroxyl groups excluding tert-OH is 1. The zero-order valence-electron chi connectivity index (χ0n) is 6.71. The highest BCUT2D eigenvalue weighted by Crippen LogP contribution is 2.15. The average Bonchev–Trinajstić information content (AvgIpc) is 1.81. The van der Waals surface area contributed by atoms with Crippen LogP contribution in [0.1, 0.15) is 0 Å². The van der Waals surface area contributed by atoms with Gasteiger partial charge in [-0.2, -0.15) is 13.2 Å². The third-order valence-electron chi connectivity index (χ3n) is 1.18. The van der Waals surface area contributed by atoms with Crippen molar-refractivity contribution in [2.24, 2.45) is 0 Å². The van der Waals surface area contributed by atoms with E-state index in [1.165, 1.54) is 0 Å². The minimum atomic E-state index is -4.44. The fraction of sp³-hybridized carbons (Fsp3) is 0.833. The van der Waals surface area contributed by atoms with Gasteiger partial charge in [-0.05, 0) is 0 Å². The molecule has 0 aliphatic heterocycles. The number of carboxylic acids is 1. The third kappa shape index (κ3) is 7.54. The first-order valence-corrected chi connectivity index (χ1v) is 3.47. The summed E-state index contributed by atoms with van der Waals surface area (Å²) in [6, 6.07) is 0. The molecule has 13 heavy (non-hydrogen) atoms. The lowest BCUT2D eigenvalue weighted by molar-refractivity contribution is -0.154. The zero-order valence-corrected chi connectivity index (χ0v) is 6.71. The van der Waals surface area contributed by atoms with Gasteiger partial charge in [0.2, 0.25) is 0 Å². The summed E-state index contributed by atoms with van der Waals surface area (Å²) in [6.45, 7) is -2.84. The topological polar surface area (TPSA) is 60.8 Å². The van der Waals surface area contributed by atoms with Gasteiger partial charge in [0, 0.05) is 6.54 Å². The van der Waals surface area contributed by atoms with Crippen LogP contribution >= 0.6 is 0 Å². The van der Waals surface area contributed by atoms with Gasteiger partial charge in [0.25, 0.3) is 0 Å². The first-order valence-electron chi connectivity index (χ1n) is 3.47. The Labute approximate surface area is 72.6 Å². The van der Waals surface area contributed by atoms with E-state index in [1.807, 2.05) is 0 Å². The Balaban J connectivity index is 4.01. The molecule has 78 valence electrons. The van der Waals surface area contributed by atoms with E-state index in [0.717, 1.165) is 0 Å². The summed E-state index contributed by atoms with van der Waals surface area (Å²) >= 11 is 0. The van der Waals surface area contributed by atoms with Gasteiger partial charge >= 0.3 is 12.1 Å². The summed E-state index contributed by atoms with van der Waals surface area (Å²) in [5.41, 5.74) is 0. The number of hydrogen-bond donors (Lipinski definition) is 2. The number of aliphatic hydroxyl groups is 1. The number of hydrogen-bond acceptors (Lipinski definition) is 3. The van der Waals surface area contributed by atoms with Crippen molar-refractivity contribution in [3.05, 3.63) is 0 Å². The molecule has 0 unspecified atom stereocenters. The van der Waals surface area contributed by atoms with Crippen molar-refractivity contribution in [3.8, 4) is 0 Å². The lowest BCUT2D eigenvalue weighted by Crippen LogP contribution is -2.39. The maximum Gasteiger partial charge on any atom is 0.401 e. The molecule has 0 spiro atoms. The Kier molecular flexibility index (Phi) is 4.71. The predicted octanol–water partition coefficient (Wildman–Crippen LogP) is -0.0724. The molecule has 0 aromatic heterocycles. The summed E-state index contributed by atoms with van der Waals surface area (Å²) in [5.74, 6) is -1.35. The van der Waals surface area contributed by atoms with Gasteiger partial charge in [-0.25, -0.2) is 0 Å². The van der Waals surface area contributed by atoms with Crippen molar-refractivity contribution in [2.75, 3.05) is 26.2 Å². The summed E-state index contributed by atoms with van der Waals surface area (Å²) in [6.07, 6.45) is -4.44. The van der Waals surface area contributed by atoms with Crippen LogP contribution in [-0.4, -0.2) is 53.5 Å². The molecule has 0 heterocycles. The minimum absolute atomic E-state index is 0.300. The van der Waals surface area contributed by atoms with E-state index in [-0.39, 0.29) is 6.54 Å². The average molecular weight is 201 g/mol. The van der Waals surface area contributed by atoms with E-state index in [1.54, 1.807) is 0 Å². The molecule has 0 saturated carbocycles. The molecule has 2 N–H and O–H groups in total. The molecule has 0 fully saturated rings. The van der Waals surface area contributed by atoms with Crippen molar-refractivity contribution < 1.29 is 28.2 Å². The van der Waals surface area contributed by atoms with Gasteiger partial charge in [-0.15, -0.1) is 0 Å². The minimum Gasteiger partial charge on any atom is -0.480 e. The number of carbonyl (C=O) groups is 1. The lowest BCUT2D eigenvalue weighted by atomic mass is 10.4. The molecule has 0 radical (unpaired) electrons. The molecule has 0 saturated heterocycles. The molecule has 4 nitrogen and oxygen atoms in total. The number of alkyl halides is 3. The maximum atomic E-state index is 11.8. The SMILES string of the molecule is O=C(O)CN(CCO)CC(F)(F)F. The van der Waals surface area contributed by atoms with Crippen LogP contribution in [0.25, 0.3) is 0 Å². The molecule has 0 bridgehead atoms. The highest BCUT2D eigenvalue weighted by Gasteiger charge is 2.31. The van der Waals surface area contributed by atoms with Gasteiger partial charge in [0.1, 0.15) is 0 Å². The van der Waals surface area contributed by atoms with Gasteiger partial charge in [-0.3, -0.25) is 9.69 Å². The lowest BCUT2D eigenvalue weighted by Gasteiger charge is -2.20. The summed E-state index contributed by atoms with van der Waals surface area (Å²) in [4.78, 5) is 10.7. The van der Waals surface area contributed by atoms with Crippen LogP contribution in [0.3, 0.4) is 0 Å². The first kappa shape index (κ1) is 12.2. The summed E-state index contributed by atoms with van der Waals surface area (Å²) < 4.78 is 35.3. The second-order valence-electron chi connectivity index (χ2n) is 2.44. The maximum absolute atomic E-state index is 11.8. The van der Waals surface area contributed by atoms with E-state index in [2.05, 4.69) is 0 Å². The van der Waals surface area contributed by atoms with Crippen LogP contribution in [0.15, 0.2) is 0 Å². The second kappa shape index (κ2) is 5.03. The smallest absolute Gasteiger partial charge is 0.401 e. The molecule has 0 aromatic rings. The molecule has 0 atom stereocenters. The zero-order chi connectivity index (χ0) is 10.5. The Morgan fingerprint density at radius 1 is 1.38 bits per heavy atom. The van der Waals surface area contributed by atoms with Crippen molar-refractivity contribution in [1.29, 1.82) is 0 Å². The summed E-state index contributed by atoms with van der Waals surface area (Å²) in [7, 11) is 0. The normalized spacial score (nSPS) is 12.1. The monoisotopic (exact) mass is 201 g/mol. The van der Waals surface area contributed by atoms with Crippen molar-refractivity contribution in [2.45, 2.75) is 6.18 Å². The van der Waals surface area contributed by atoms with E-state index in [9.17, 15) is 18.0 Å². The number of halogens is 3. The van der Waals surface area contributed by atoms with Crippen LogP contribution in [0.5, 0.6) is 0 Å². The molecule has 7 heteroatoms. The summed E-state index contributed by atoms with van der Waals surface area (Å²) in [5, 5.41) is 16.6. The molecular weight excluding hydrogens is 191 g/mol. The van der Waals surface area contributed by atoms with E-state index >= 15 is 0 Å². The molecule has 0 aliphatic rings. The van der Waals surface area contributed by atoms with E-state index < -0.39 is 31.8 Å². The van der Waals surface area contributed by atoms with Crippen molar-refractivity contribution >= 4 is 5.97 Å². The third-order valence-corrected chi connectivity index (χ3v) is 1.18. The number of rotatable bonds is 5. The van der Waals surface area contributed by atoms with Crippen LogP contribution in [0.4, 0.5) is 13.2 Å². The molecule has 0 rings (SSSR count). The van der Waals surface area contributed by atoms with Gasteiger partial charge in [0.05, 0.1) is 19.7 Å². The Bertz CT molecular complexity index is 171.